The fourth-order valence-corrected chi connectivity index (χ4v) is 6.82. The summed E-state index contributed by atoms with van der Waals surface area (Å²) in [7, 11) is 1.67. The summed E-state index contributed by atoms with van der Waals surface area (Å²) in [4.78, 5) is 22.4. The number of ether oxygens (including phenoxy) is 1. The van der Waals surface area contributed by atoms with Crippen LogP contribution in [0, 0.1) is 11.6 Å². The summed E-state index contributed by atoms with van der Waals surface area (Å²) in [5.74, 6) is 0.542. The Morgan fingerprint density at radius 2 is 1.51 bits per heavy atom. The SMILES string of the molecule is COc1cc(N2CCC(N3CCN(C4CC4)CC3)CC2)ccc1Nc1cc(N2OCCC2c2cc(F)cc(F)c2)ncn1. The van der Waals surface area contributed by atoms with Crippen molar-refractivity contribution in [2.45, 2.75) is 50.2 Å². The molecule has 0 radical (unpaired) electrons. The number of piperidine rings is 1. The van der Waals surface area contributed by atoms with Gasteiger partial charge in [0, 0.05) is 81.7 Å². The highest BCUT2D eigenvalue weighted by Crippen LogP contribution is 2.37. The summed E-state index contributed by atoms with van der Waals surface area (Å²) in [6.45, 7) is 7.34. The lowest BCUT2D eigenvalue weighted by molar-refractivity contribution is 0.0809. The highest BCUT2D eigenvalue weighted by Gasteiger charge is 2.34. The fourth-order valence-electron chi connectivity index (χ4n) is 6.82. The van der Waals surface area contributed by atoms with Gasteiger partial charge in [0.25, 0.3) is 0 Å². The smallest absolute Gasteiger partial charge is 0.158 e. The molecule has 1 N–H and O–H groups in total. The maximum Gasteiger partial charge on any atom is 0.158 e. The van der Waals surface area contributed by atoms with E-state index in [1.165, 1.54) is 70.3 Å². The number of nitrogens with zero attached hydrogens (tertiary/aromatic N) is 6. The first-order valence-corrected chi connectivity index (χ1v) is 15.4. The van der Waals surface area contributed by atoms with Crippen LogP contribution in [-0.2, 0) is 4.84 Å². The van der Waals surface area contributed by atoms with Crippen molar-refractivity contribution in [3.63, 3.8) is 0 Å². The Bertz CT molecular complexity index is 1400. The largest absolute Gasteiger partial charge is 0.494 e. The molecule has 9 nitrogen and oxygen atoms in total. The number of hydrogen-bond donors (Lipinski definition) is 1. The number of piperazine rings is 1. The van der Waals surface area contributed by atoms with E-state index in [-0.39, 0.29) is 6.04 Å². The van der Waals surface area contributed by atoms with Crippen molar-refractivity contribution in [2.75, 3.05) is 68.3 Å². The first-order valence-electron chi connectivity index (χ1n) is 15.4. The fraction of sp³-hybridized carbons (Fsp3) is 0.500. The van der Waals surface area contributed by atoms with Gasteiger partial charge < -0.3 is 15.0 Å². The first kappa shape index (κ1) is 28.2. The molecular weight excluding hydrogens is 552 g/mol. The third-order valence-corrected chi connectivity index (χ3v) is 9.26. The molecule has 1 unspecified atom stereocenters. The minimum absolute atomic E-state index is 0.363. The third kappa shape index (κ3) is 6.25. The van der Waals surface area contributed by atoms with Crippen molar-refractivity contribution in [2.24, 2.45) is 0 Å². The molecule has 7 rings (SSSR count). The summed E-state index contributed by atoms with van der Waals surface area (Å²) in [6, 6.07) is 12.7. The Hall–Kier alpha value is -3.54. The molecule has 43 heavy (non-hydrogen) atoms. The molecule has 3 saturated heterocycles. The van der Waals surface area contributed by atoms with Gasteiger partial charge in [-0.25, -0.2) is 23.8 Å². The third-order valence-electron chi connectivity index (χ3n) is 9.26. The molecule has 228 valence electrons. The standard InChI is InChI=1S/C32H39F2N7O2/c1-42-30-19-27(38-9-6-26(7-10-38)40-13-11-39(12-14-40)25-2-3-25)4-5-28(30)37-31-20-32(36-21-35-31)41-29(8-15-43-41)22-16-23(33)18-24(34)17-22/h4-5,16-21,25-26,29H,2-3,6-15H2,1H3,(H,35,36,37). The maximum atomic E-state index is 13.9. The number of aromatic nitrogens is 2. The van der Waals surface area contributed by atoms with E-state index in [2.05, 4.69) is 42.1 Å². The zero-order valence-corrected chi connectivity index (χ0v) is 24.6. The molecule has 3 aromatic rings. The normalized spacial score (nSPS) is 22.3. The van der Waals surface area contributed by atoms with Gasteiger partial charge in [0.15, 0.2) is 5.82 Å². The van der Waals surface area contributed by atoms with Gasteiger partial charge in [0.1, 0.15) is 29.5 Å². The molecule has 0 amide bonds. The van der Waals surface area contributed by atoms with Gasteiger partial charge in [-0.15, -0.1) is 0 Å². The number of hydrogen-bond acceptors (Lipinski definition) is 9. The zero-order valence-electron chi connectivity index (χ0n) is 24.6. The predicted molar refractivity (Wildman–Crippen MR) is 162 cm³/mol. The number of hydroxylamine groups is 1. The second-order valence-electron chi connectivity index (χ2n) is 12.0. The molecule has 2 aromatic carbocycles. The monoisotopic (exact) mass is 591 g/mol. The summed E-state index contributed by atoms with van der Waals surface area (Å²) >= 11 is 0. The number of benzene rings is 2. The second-order valence-corrected chi connectivity index (χ2v) is 12.0. The van der Waals surface area contributed by atoms with Crippen LogP contribution in [0.3, 0.4) is 0 Å². The molecule has 1 saturated carbocycles. The van der Waals surface area contributed by atoms with E-state index in [0.717, 1.165) is 42.3 Å². The van der Waals surface area contributed by atoms with E-state index >= 15 is 0 Å². The maximum absolute atomic E-state index is 13.9. The molecule has 4 aliphatic rings. The van der Waals surface area contributed by atoms with Crippen LogP contribution >= 0.6 is 0 Å². The van der Waals surface area contributed by atoms with Crippen molar-refractivity contribution < 1.29 is 18.4 Å². The number of halogens is 2. The summed E-state index contributed by atoms with van der Waals surface area (Å²) in [6.07, 6.45) is 7.17. The van der Waals surface area contributed by atoms with Crippen LogP contribution in [0.25, 0.3) is 0 Å². The summed E-state index contributed by atoms with van der Waals surface area (Å²) in [5.41, 5.74) is 2.43. The van der Waals surface area contributed by atoms with E-state index in [9.17, 15) is 8.78 Å². The average Bonchev–Trinajstić information content (AvgIpc) is 3.76. The summed E-state index contributed by atoms with van der Waals surface area (Å²) < 4.78 is 33.6. The van der Waals surface area contributed by atoms with Crippen LogP contribution < -0.4 is 20.0 Å². The molecule has 1 aliphatic carbocycles. The van der Waals surface area contributed by atoms with Gasteiger partial charge in [-0.3, -0.25) is 14.6 Å². The molecule has 11 heteroatoms. The Labute approximate surface area is 251 Å². The van der Waals surface area contributed by atoms with Crippen molar-refractivity contribution >= 4 is 23.0 Å². The highest BCUT2D eigenvalue weighted by molar-refractivity contribution is 5.70. The van der Waals surface area contributed by atoms with E-state index in [0.29, 0.717) is 36.3 Å². The average molecular weight is 592 g/mol. The molecule has 4 heterocycles. The Morgan fingerprint density at radius 3 is 2.19 bits per heavy atom. The molecular formula is C32H39F2N7O2. The van der Waals surface area contributed by atoms with Gasteiger partial charge in [0.2, 0.25) is 0 Å². The number of rotatable bonds is 8. The van der Waals surface area contributed by atoms with Gasteiger partial charge in [0.05, 0.1) is 25.4 Å². The van der Waals surface area contributed by atoms with Crippen LogP contribution in [0.2, 0.25) is 0 Å². The predicted octanol–water partition coefficient (Wildman–Crippen LogP) is 5.14. The number of methoxy groups -OCH3 is 1. The molecule has 1 aromatic heterocycles. The number of anilines is 4. The molecule has 4 fully saturated rings. The molecule has 1 atom stereocenters. The Balaban J connectivity index is 0.994. The van der Waals surface area contributed by atoms with Gasteiger partial charge >= 0.3 is 0 Å². The lowest BCUT2D eigenvalue weighted by Crippen LogP contribution is -2.53. The minimum Gasteiger partial charge on any atom is -0.494 e. The van der Waals surface area contributed by atoms with Crippen LogP contribution in [0.1, 0.15) is 43.7 Å². The van der Waals surface area contributed by atoms with E-state index < -0.39 is 11.6 Å². The Kier molecular flexibility index (Phi) is 8.03. The van der Waals surface area contributed by atoms with Crippen molar-refractivity contribution in [3.05, 3.63) is 66.0 Å². The lowest BCUT2D eigenvalue weighted by Gasteiger charge is -2.43. The van der Waals surface area contributed by atoms with Crippen molar-refractivity contribution in [3.8, 4) is 5.75 Å². The van der Waals surface area contributed by atoms with Crippen LogP contribution in [0.5, 0.6) is 5.75 Å². The first-order chi connectivity index (χ1) is 21.0. The van der Waals surface area contributed by atoms with Crippen LogP contribution in [0.15, 0.2) is 48.8 Å². The van der Waals surface area contributed by atoms with E-state index in [4.69, 9.17) is 9.57 Å². The van der Waals surface area contributed by atoms with E-state index in [1.807, 2.05) is 6.07 Å². The molecule has 0 spiro atoms. The minimum atomic E-state index is -0.617. The van der Waals surface area contributed by atoms with Crippen molar-refractivity contribution in [1.29, 1.82) is 0 Å². The second kappa shape index (κ2) is 12.2. The topological polar surface area (TPSA) is 69.2 Å². The molecule has 0 bridgehead atoms. The van der Waals surface area contributed by atoms with Gasteiger partial charge in [-0.2, -0.15) is 0 Å². The highest BCUT2D eigenvalue weighted by atomic mass is 19.1. The van der Waals surface area contributed by atoms with Gasteiger partial charge in [-0.1, -0.05) is 0 Å². The Morgan fingerprint density at radius 1 is 0.814 bits per heavy atom. The van der Waals surface area contributed by atoms with Gasteiger partial charge in [-0.05, 0) is 55.5 Å². The summed E-state index contributed by atoms with van der Waals surface area (Å²) in [5, 5.41) is 4.94. The zero-order chi connectivity index (χ0) is 29.3. The lowest BCUT2D eigenvalue weighted by atomic mass is 10.0. The van der Waals surface area contributed by atoms with Crippen LogP contribution in [-0.4, -0.2) is 84.8 Å². The quantitative estimate of drug-likeness (QED) is 0.384. The molecule has 3 aliphatic heterocycles. The van der Waals surface area contributed by atoms with E-state index in [1.54, 1.807) is 18.2 Å². The van der Waals surface area contributed by atoms with Crippen molar-refractivity contribution in [1.82, 2.24) is 19.8 Å². The number of nitrogens with one attached hydrogen (secondary N) is 1. The van der Waals surface area contributed by atoms with Crippen LogP contribution in [0.4, 0.5) is 31.8 Å².